The second kappa shape index (κ2) is 8.90. The number of thioether (sulfide) groups is 1. The fourth-order valence-corrected chi connectivity index (χ4v) is 3.37. The number of rotatable bonds is 7. The Labute approximate surface area is 171 Å². The summed E-state index contributed by atoms with van der Waals surface area (Å²) in [5.41, 5.74) is 1.23. The van der Waals surface area contributed by atoms with Gasteiger partial charge in [0.25, 0.3) is 0 Å². The Morgan fingerprint density at radius 2 is 1.93 bits per heavy atom. The number of nitrogens with two attached hydrogens (primary N) is 1. The summed E-state index contributed by atoms with van der Waals surface area (Å²) < 4.78 is 1.37. The number of ketones is 1. The molecule has 3 N–H and O–H groups in total. The van der Waals surface area contributed by atoms with E-state index < -0.39 is 0 Å². The Bertz CT molecular complexity index is 1010. The van der Waals surface area contributed by atoms with Gasteiger partial charge < -0.3 is 11.2 Å². The second-order valence-corrected chi connectivity index (χ2v) is 7.22. The number of halogens is 1. The Balaban J connectivity index is 1.74. The topological polar surface area (TPSA) is 103 Å². The number of carbonyl (C=O) groups excluding carboxylic acids is 2. The fourth-order valence-electron chi connectivity index (χ4n) is 2.52. The molecule has 0 fully saturated rings. The van der Waals surface area contributed by atoms with E-state index in [4.69, 9.17) is 17.4 Å². The minimum absolute atomic E-state index is 0.0701. The third-order valence-corrected chi connectivity index (χ3v) is 5.10. The highest BCUT2D eigenvalue weighted by Gasteiger charge is 2.17. The first-order valence-electron chi connectivity index (χ1n) is 8.51. The van der Waals surface area contributed by atoms with Crippen LogP contribution in [0, 0.1) is 0 Å². The normalized spacial score (nSPS) is 10.6. The van der Waals surface area contributed by atoms with Crippen LogP contribution in [0.15, 0.2) is 53.7 Å². The van der Waals surface area contributed by atoms with E-state index in [1.54, 1.807) is 42.5 Å². The highest BCUT2D eigenvalue weighted by Crippen LogP contribution is 2.24. The van der Waals surface area contributed by atoms with Gasteiger partial charge in [0.05, 0.1) is 11.4 Å². The molecule has 28 heavy (non-hydrogen) atoms. The summed E-state index contributed by atoms with van der Waals surface area (Å²) in [4.78, 5) is 25.2. The lowest BCUT2D eigenvalue weighted by molar-refractivity contribution is -0.113. The molecule has 1 heterocycles. The molecule has 9 heteroatoms. The van der Waals surface area contributed by atoms with Crippen LogP contribution in [0.4, 0.5) is 5.69 Å². The van der Waals surface area contributed by atoms with Crippen molar-refractivity contribution < 1.29 is 9.59 Å². The summed E-state index contributed by atoms with van der Waals surface area (Å²) in [6.07, 6.45) is 0.645. The van der Waals surface area contributed by atoms with Gasteiger partial charge in [0.2, 0.25) is 11.1 Å². The van der Waals surface area contributed by atoms with E-state index in [1.807, 2.05) is 13.0 Å². The van der Waals surface area contributed by atoms with Crippen molar-refractivity contribution in [3.8, 4) is 0 Å². The van der Waals surface area contributed by atoms with Crippen molar-refractivity contribution in [2.24, 2.45) is 0 Å². The number of aryl methyl sites for hydroxylation is 1. The van der Waals surface area contributed by atoms with Crippen LogP contribution < -0.4 is 11.2 Å². The molecule has 3 rings (SSSR count). The molecule has 3 aromatic rings. The van der Waals surface area contributed by atoms with Crippen molar-refractivity contribution in [1.82, 2.24) is 14.9 Å². The highest BCUT2D eigenvalue weighted by atomic mass is 35.5. The third kappa shape index (κ3) is 4.52. The molecule has 0 radical (unpaired) electrons. The average Bonchev–Trinajstić information content (AvgIpc) is 3.07. The molecule has 0 saturated carbocycles. The summed E-state index contributed by atoms with van der Waals surface area (Å²) >= 11 is 7.22. The zero-order valence-electron chi connectivity index (χ0n) is 15.1. The standard InChI is InChI=1S/C19H18ClN5O2S/c1-2-16-23-24-19(25(16)21)28-11-17(26)22-15-9-8-13(20)10-14(15)18(27)12-6-4-3-5-7-12/h3-10H,2,11,21H2,1H3,(H,22,26). The summed E-state index contributed by atoms with van der Waals surface area (Å²) in [6.45, 7) is 1.92. The van der Waals surface area contributed by atoms with Crippen LogP contribution in [-0.4, -0.2) is 32.3 Å². The van der Waals surface area contributed by atoms with E-state index in [2.05, 4.69) is 15.5 Å². The van der Waals surface area contributed by atoms with Crippen molar-refractivity contribution in [2.75, 3.05) is 16.9 Å². The molecule has 1 aromatic heterocycles. The quantitative estimate of drug-likeness (QED) is 0.349. The Hall–Kier alpha value is -2.84. The van der Waals surface area contributed by atoms with E-state index in [0.29, 0.717) is 39.2 Å². The van der Waals surface area contributed by atoms with E-state index >= 15 is 0 Å². The van der Waals surface area contributed by atoms with E-state index in [0.717, 1.165) is 0 Å². The molecule has 0 unspecified atom stereocenters. The zero-order chi connectivity index (χ0) is 20.1. The largest absolute Gasteiger partial charge is 0.336 e. The maximum absolute atomic E-state index is 12.8. The first kappa shape index (κ1) is 19.9. The third-order valence-electron chi connectivity index (χ3n) is 3.92. The molecular formula is C19H18ClN5O2S. The minimum Gasteiger partial charge on any atom is -0.336 e. The summed E-state index contributed by atoms with van der Waals surface area (Å²) in [7, 11) is 0. The van der Waals surface area contributed by atoms with Gasteiger partial charge in [0.15, 0.2) is 11.6 Å². The van der Waals surface area contributed by atoms with Crippen LogP contribution in [0.5, 0.6) is 0 Å². The molecule has 0 spiro atoms. The van der Waals surface area contributed by atoms with E-state index in [-0.39, 0.29) is 17.4 Å². The molecule has 1 amide bonds. The van der Waals surface area contributed by atoms with Crippen molar-refractivity contribution in [1.29, 1.82) is 0 Å². The molecule has 0 bridgehead atoms. The number of amides is 1. The van der Waals surface area contributed by atoms with Crippen LogP contribution in [0.1, 0.15) is 28.7 Å². The summed E-state index contributed by atoms with van der Waals surface area (Å²) in [5, 5.41) is 11.5. The number of nitrogens with one attached hydrogen (secondary N) is 1. The van der Waals surface area contributed by atoms with E-state index in [1.165, 1.54) is 16.4 Å². The maximum Gasteiger partial charge on any atom is 0.234 e. The van der Waals surface area contributed by atoms with Crippen LogP contribution >= 0.6 is 23.4 Å². The van der Waals surface area contributed by atoms with Crippen LogP contribution in [0.25, 0.3) is 0 Å². The van der Waals surface area contributed by atoms with Gasteiger partial charge in [-0.2, -0.15) is 0 Å². The predicted molar refractivity (Wildman–Crippen MR) is 110 cm³/mol. The number of carbonyl (C=O) groups is 2. The number of nitrogens with zero attached hydrogens (tertiary/aromatic N) is 3. The molecule has 0 saturated heterocycles. The molecule has 0 atom stereocenters. The maximum atomic E-state index is 12.8. The molecule has 0 aliphatic carbocycles. The smallest absolute Gasteiger partial charge is 0.234 e. The van der Waals surface area contributed by atoms with Crippen molar-refractivity contribution in [3.63, 3.8) is 0 Å². The Morgan fingerprint density at radius 1 is 1.18 bits per heavy atom. The van der Waals surface area contributed by atoms with Crippen LogP contribution in [0.2, 0.25) is 5.02 Å². The van der Waals surface area contributed by atoms with Gasteiger partial charge in [-0.1, -0.05) is 60.6 Å². The van der Waals surface area contributed by atoms with Gasteiger partial charge in [-0.3, -0.25) is 9.59 Å². The number of hydrogen-bond acceptors (Lipinski definition) is 6. The molecule has 0 aliphatic heterocycles. The lowest BCUT2D eigenvalue weighted by Gasteiger charge is -2.11. The van der Waals surface area contributed by atoms with Crippen molar-refractivity contribution >= 4 is 40.7 Å². The van der Waals surface area contributed by atoms with Gasteiger partial charge in [-0.05, 0) is 18.2 Å². The number of anilines is 1. The molecule has 0 aliphatic rings. The average molecular weight is 416 g/mol. The monoisotopic (exact) mass is 415 g/mol. The Morgan fingerprint density at radius 3 is 2.61 bits per heavy atom. The first-order chi connectivity index (χ1) is 13.5. The lowest BCUT2D eigenvalue weighted by Crippen LogP contribution is -2.18. The van der Waals surface area contributed by atoms with Crippen LogP contribution in [0.3, 0.4) is 0 Å². The number of nitrogen functional groups attached to an aromatic ring is 1. The van der Waals surface area contributed by atoms with Gasteiger partial charge in [-0.15, -0.1) is 10.2 Å². The highest BCUT2D eigenvalue weighted by molar-refractivity contribution is 7.99. The lowest BCUT2D eigenvalue weighted by atomic mass is 10.0. The number of aromatic nitrogens is 3. The fraction of sp³-hybridized carbons (Fsp3) is 0.158. The molecule has 144 valence electrons. The molecular weight excluding hydrogens is 398 g/mol. The Kier molecular flexibility index (Phi) is 6.33. The van der Waals surface area contributed by atoms with E-state index in [9.17, 15) is 9.59 Å². The van der Waals surface area contributed by atoms with Crippen LogP contribution in [-0.2, 0) is 11.2 Å². The number of benzene rings is 2. The number of hydrogen-bond donors (Lipinski definition) is 2. The first-order valence-corrected chi connectivity index (χ1v) is 9.87. The van der Waals surface area contributed by atoms with Gasteiger partial charge in [0, 0.05) is 22.6 Å². The van der Waals surface area contributed by atoms with Gasteiger partial charge >= 0.3 is 0 Å². The second-order valence-electron chi connectivity index (χ2n) is 5.84. The SMILES string of the molecule is CCc1nnc(SCC(=O)Nc2ccc(Cl)cc2C(=O)c2ccccc2)n1N. The minimum atomic E-state index is -0.296. The molecule has 7 nitrogen and oxygen atoms in total. The summed E-state index contributed by atoms with van der Waals surface area (Å²) in [6, 6.07) is 13.6. The zero-order valence-corrected chi connectivity index (χ0v) is 16.6. The van der Waals surface area contributed by atoms with Crippen molar-refractivity contribution in [3.05, 3.63) is 70.5 Å². The van der Waals surface area contributed by atoms with Gasteiger partial charge in [0.1, 0.15) is 0 Å². The summed E-state index contributed by atoms with van der Waals surface area (Å²) in [5.74, 6) is 6.07. The predicted octanol–water partition coefficient (Wildman–Crippen LogP) is 3.17. The molecule has 2 aromatic carbocycles. The van der Waals surface area contributed by atoms with Gasteiger partial charge in [-0.25, -0.2) is 4.68 Å². The van der Waals surface area contributed by atoms with Crippen molar-refractivity contribution in [2.45, 2.75) is 18.5 Å².